The maximum absolute atomic E-state index is 15.0. The van der Waals surface area contributed by atoms with E-state index in [9.17, 15) is 9.59 Å². The smallest absolute Gasteiger partial charge is 0.330 e. The Labute approximate surface area is 267 Å². The Morgan fingerprint density at radius 3 is 2.00 bits per heavy atom. The summed E-state index contributed by atoms with van der Waals surface area (Å²) in [6.07, 6.45) is 3.23. The van der Waals surface area contributed by atoms with Gasteiger partial charge in [0, 0.05) is 16.9 Å². The van der Waals surface area contributed by atoms with Crippen molar-refractivity contribution in [1.29, 1.82) is 0 Å². The summed E-state index contributed by atoms with van der Waals surface area (Å²) in [7, 11) is 0. The van der Waals surface area contributed by atoms with Crippen molar-refractivity contribution in [2.75, 3.05) is 10.2 Å². The van der Waals surface area contributed by atoms with Gasteiger partial charge in [-0.15, -0.1) is 0 Å². The van der Waals surface area contributed by atoms with Crippen molar-refractivity contribution in [3.05, 3.63) is 173 Å². The number of ether oxygens (including phenoxy) is 1. The molecule has 3 heterocycles. The van der Waals surface area contributed by atoms with Crippen LogP contribution in [0.4, 0.5) is 11.4 Å². The lowest BCUT2D eigenvalue weighted by Gasteiger charge is -2.37. The third-order valence-corrected chi connectivity index (χ3v) is 9.56. The highest BCUT2D eigenvalue weighted by atomic mass is 16.5. The molecule has 1 amide bonds. The number of hydrogen-bond acceptors (Lipinski definition) is 5. The number of Topliss-reactive ketones (excluding diaryl/α,β-unsaturated/α-hetero) is 1. The number of para-hydroxylation sites is 2. The van der Waals surface area contributed by atoms with Gasteiger partial charge >= 0.3 is 5.97 Å². The van der Waals surface area contributed by atoms with Crippen LogP contribution in [-0.4, -0.2) is 29.7 Å². The minimum Gasteiger partial charge on any atom is -0.451 e. The van der Waals surface area contributed by atoms with Crippen molar-refractivity contribution in [3.8, 4) is 0 Å². The van der Waals surface area contributed by atoms with Crippen molar-refractivity contribution < 1.29 is 19.1 Å². The molecule has 5 aromatic carbocycles. The number of benzene rings is 5. The van der Waals surface area contributed by atoms with Gasteiger partial charge in [0.2, 0.25) is 5.91 Å². The molecule has 0 bridgehead atoms. The van der Waals surface area contributed by atoms with E-state index in [-0.39, 0.29) is 11.7 Å². The Morgan fingerprint density at radius 1 is 0.717 bits per heavy atom. The summed E-state index contributed by atoms with van der Waals surface area (Å²) >= 11 is 0. The van der Waals surface area contributed by atoms with Crippen molar-refractivity contribution in [2.24, 2.45) is 5.92 Å². The largest absolute Gasteiger partial charge is 0.451 e. The molecule has 0 radical (unpaired) electrons. The minimum atomic E-state index is -1.40. The summed E-state index contributed by atoms with van der Waals surface area (Å²) in [6, 6.07) is 41.6. The molecule has 0 saturated carbocycles. The number of anilines is 2. The highest BCUT2D eigenvalue weighted by Crippen LogP contribution is 2.58. The molecule has 0 aromatic heterocycles. The number of amides is 1. The zero-order valence-electron chi connectivity index (χ0n) is 24.8. The first-order valence-corrected chi connectivity index (χ1v) is 15.4. The van der Waals surface area contributed by atoms with Gasteiger partial charge in [-0.3, -0.25) is 9.59 Å². The van der Waals surface area contributed by atoms with Gasteiger partial charge in [0.05, 0.1) is 12.0 Å². The lowest BCUT2D eigenvalue weighted by atomic mass is 9.64. The number of nitrogens with one attached hydrogen (secondary N) is 1. The second kappa shape index (κ2) is 11.0. The summed E-state index contributed by atoms with van der Waals surface area (Å²) in [6.45, 7) is 0. The van der Waals surface area contributed by atoms with Crippen molar-refractivity contribution in [3.63, 3.8) is 0 Å². The molecule has 8 rings (SSSR count). The predicted molar refractivity (Wildman–Crippen MR) is 177 cm³/mol. The van der Waals surface area contributed by atoms with Crippen LogP contribution >= 0.6 is 0 Å². The molecule has 1 saturated heterocycles. The van der Waals surface area contributed by atoms with E-state index in [4.69, 9.17) is 4.74 Å². The van der Waals surface area contributed by atoms with Crippen LogP contribution in [0, 0.1) is 5.92 Å². The Morgan fingerprint density at radius 2 is 1.30 bits per heavy atom. The number of ketones is 1. The molecule has 46 heavy (non-hydrogen) atoms. The number of carbonyl (C=O) groups is 3. The minimum absolute atomic E-state index is 0.286. The van der Waals surface area contributed by atoms with Crippen LogP contribution in [0.3, 0.4) is 0 Å². The van der Waals surface area contributed by atoms with Gasteiger partial charge in [0.25, 0.3) is 0 Å². The number of rotatable bonds is 6. The molecule has 1 spiro atoms. The van der Waals surface area contributed by atoms with Crippen LogP contribution in [0.1, 0.15) is 38.7 Å². The van der Waals surface area contributed by atoms with E-state index < -0.39 is 35.5 Å². The first-order chi connectivity index (χ1) is 22.6. The molecule has 3 aliphatic rings. The monoisotopic (exact) mass is 602 g/mol. The zero-order chi connectivity index (χ0) is 31.3. The fraction of sp³-hybridized carbons (Fsp3) is 0.125. The summed E-state index contributed by atoms with van der Waals surface area (Å²) in [5.74, 6) is -2.26. The fourth-order valence-electron chi connectivity index (χ4n) is 7.64. The van der Waals surface area contributed by atoms with Crippen LogP contribution in [0.5, 0.6) is 0 Å². The maximum atomic E-state index is 15.0. The van der Waals surface area contributed by atoms with Crippen LogP contribution in [0.25, 0.3) is 6.08 Å². The van der Waals surface area contributed by atoms with Gasteiger partial charge in [0.1, 0.15) is 11.5 Å². The quantitative estimate of drug-likeness (QED) is 0.168. The molecule has 3 aliphatic heterocycles. The molecular weight excluding hydrogens is 572 g/mol. The number of fused-ring (bicyclic) bond motifs is 6. The van der Waals surface area contributed by atoms with Gasteiger partial charge in [-0.2, -0.15) is 0 Å². The van der Waals surface area contributed by atoms with E-state index in [1.807, 2.05) is 132 Å². The highest BCUT2D eigenvalue weighted by molar-refractivity contribution is 6.16. The Hall–Kier alpha value is -5.75. The summed E-state index contributed by atoms with van der Waals surface area (Å²) in [5.41, 5.74) is 3.66. The predicted octanol–water partition coefficient (Wildman–Crippen LogP) is 6.99. The lowest BCUT2D eigenvalue weighted by molar-refractivity contribution is -0.150. The summed E-state index contributed by atoms with van der Waals surface area (Å²) in [5, 5.41) is 3.07. The first-order valence-electron chi connectivity index (χ1n) is 15.4. The van der Waals surface area contributed by atoms with Crippen LogP contribution in [0.15, 0.2) is 146 Å². The van der Waals surface area contributed by atoms with E-state index in [0.717, 1.165) is 22.4 Å². The highest BCUT2D eigenvalue weighted by Gasteiger charge is 2.71. The van der Waals surface area contributed by atoms with Crippen molar-refractivity contribution >= 4 is 35.1 Å². The molecule has 0 aliphatic carbocycles. The lowest BCUT2D eigenvalue weighted by Crippen LogP contribution is -2.51. The average molecular weight is 603 g/mol. The molecule has 6 heteroatoms. The van der Waals surface area contributed by atoms with E-state index >= 15 is 4.79 Å². The summed E-state index contributed by atoms with van der Waals surface area (Å²) < 4.78 is 6.52. The topological polar surface area (TPSA) is 75.7 Å². The molecule has 1 N–H and O–H groups in total. The van der Waals surface area contributed by atoms with E-state index in [2.05, 4.69) is 5.32 Å². The normalized spacial score (nSPS) is 22.2. The van der Waals surface area contributed by atoms with E-state index in [0.29, 0.717) is 16.8 Å². The Balaban J connectivity index is 1.35. The van der Waals surface area contributed by atoms with Crippen molar-refractivity contribution in [2.45, 2.75) is 23.6 Å². The maximum Gasteiger partial charge on any atom is 0.330 e. The fourth-order valence-corrected chi connectivity index (χ4v) is 7.64. The number of esters is 1. The van der Waals surface area contributed by atoms with E-state index in [1.165, 1.54) is 0 Å². The molecule has 6 nitrogen and oxygen atoms in total. The Bertz CT molecular complexity index is 1950. The van der Waals surface area contributed by atoms with Crippen LogP contribution in [0.2, 0.25) is 0 Å². The standard InChI is InChI=1S/C40H30N2O4/c43-36(27-15-4-1-5-16-27)34-35(38(44)46-37(28-17-6-2-7-18-28)29-19-8-3-9-20-29)42-32-23-13-10-14-26(32)24-25-33(42)40(34)30-21-11-12-22-31(30)41-39(40)45/h1-25,33-35,37H,(H,41,45)/t33-,34+,35+,40-/m1/s1. The van der Waals surface area contributed by atoms with Gasteiger partial charge in [0.15, 0.2) is 11.9 Å². The number of carbonyl (C=O) groups excluding carboxylic acids is 3. The molecule has 4 atom stereocenters. The van der Waals surface area contributed by atoms with Crippen molar-refractivity contribution in [1.82, 2.24) is 0 Å². The molecule has 0 unspecified atom stereocenters. The van der Waals surface area contributed by atoms with Gasteiger partial charge in [-0.1, -0.05) is 140 Å². The molecule has 5 aromatic rings. The van der Waals surface area contributed by atoms with Gasteiger partial charge in [-0.05, 0) is 34.4 Å². The number of hydrogen-bond donors (Lipinski definition) is 1. The SMILES string of the molecule is O=C(OC(c1ccccc1)c1ccccc1)[C@@H]1[C@@H](C(=O)c2ccccc2)[C@]2(C(=O)Nc3ccccc32)[C@H]2C=Cc3ccccc3N12. The zero-order valence-corrected chi connectivity index (χ0v) is 24.8. The van der Waals surface area contributed by atoms with E-state index in [1.54, 1.807) is 24.3 Å². The van der Waals surface area contributed by atoms with Gasteiger partial charge < -0.3 is 15.0 Å². The second-order valence-corrected chi connectivity index (χ2v) is 11.9. The first kappa shape index (κ1) is 27.8. The Kier molecular flexibility index (Phi) is 6.64. The second-order valence-electron chi connectivity index (χ2n) is 11.9. The molecule has 1 fully saturated rings. The third kappa shape index (κ3) is 4.14. The summed E-state index contributed by atoms with van der Waals surface area (Å²) in [4.78, 5) is 46.4. The van der Waals surface area contributed by atoms with Crippen LogP contribution < -0.4 is 10.2 Å². The molecular formula is C40H30N2O4. The number of nitrogens with zero attached hydrogens (tertiary/aromatic N) is 1. The average Bonchev–Trinajstić information content (AvgIpc) is 3.60. The molecule has 224 valence electrons. The third-order valence-electron chi connectivity index (χ3n) is 9.56. The van der Waals surface area contributed by atoms with Crippen LogP contribution in [-0.2, 0) is 19.7 Å². The van der Waals surface area contributed by atoms with Gasteiger partial charge in [-0.25, -0.2) is 4.79 Å².